The summed E-state index contributed by atoms with van der Waals surface area (Å²) in [5.74, 6) is 1.86. The third-order valence-electron chi connectivity index (χ3n) is 3.96. The Morgan fingerprint density at radius 2 is 1.65 bits per heavy atom. The third-order valence-corrected chi connectivity index (χ3v) is 4.30. The molecule has 1 aromatic heterocycles. The van der Waals surface area contributed by atoms with E-state index in [4.69, 9.17) is 23.2 Å². The lowest BCUT2D eigenvalue weighted by Crippen LogP contribution is -2.27. The van der Waals surface area contributed by atoms with Gasteiger partial charge in [0, 0.05) is 35.9 Å². The van der Waals surface area contributed by atoms with Crippen LogP contribution in [0.15, 0.2) is 65.8 Å². The number of nitrogens with one attached hydrogen (secondary N) is 1. The second-order valence-corrected chi connectivity index (χ2v) is 6.47. The number of fused-ring (bicyclic) bond motifs is 1. The first-order valence-corrected chi connectivity index (χ1v) is 9.49. The number of para-hydroxylation sites is 1. The summed E-state index contributed by atoms with van der Waals surface area (Å²) >= 11 is 11.7. The number of hydrogen-bond donors (Lipinski definition) is 1. The summed E-state index contributed by atoms with van der Waals surface area (Å²) in [4.78, 5) is 6.69. The van der Waals surface area contributed by atoms with Crippen molar-refractivity contribution in [3.05, 3.63) is 66.2 Å². The molecule has 0 unspecified atom stereocenters. The average molecular weight is 387 g/mol. The van der Waals surface area contributed by atoms with Gasteiger partial charge in [-0.25, -0.2) is 4.98 Å². The van der Waals surface area contributed by atoms with Crippen LogP contribution in [0.3, 0.4) is 0 Å². The minimum Gasteiger partial charge on any atom is -0.369 e. The lowest BCUT2D eigenvalue weighted by Gasteiger charge is -2.22. The van der Waals surface area contributed by atoms with E-state index in [1.807, 2.05) is 48.5 Å². The lowest BCUT2D eigenvalue weighted by molar-refractivity contribution is 0.874. The lowest BCUT2D eigenvalue weighted by atomic mass is 10.2. The summed E-state index contributed by atoms with van der Waals surface area (Å²) in [6.07, 6.45) is 1.77. The molecule has 0 aliphatic carbocycles. The van der Waals surface area contributed by atoms with Crippen molar-refractivity contribution in [1.29, 1.82) is 0 Å². The minimum absolute atomic E-state index is 0.572. The van der Waals surface area contributed by atoms with Gasteiger partial charge in [-0.2, -0.15) is 5.10 Å². The molecule has 3 rings (SSSR count). The highest BCUT2D eigenvalue weighted by Crippen LogP contribution is 2.16. The Bertz CT molecular complexity index is 859. The molecule has 6 heteroatoms. The third kappa shape index (κ3) is 4.87. The fourth-order valence-electron chi connectivity index (χ4n) is 2.65. The largest absolute Gasteiger partial charge is 0.369 e. The van der Waals surface area contributed by atoms with Gasteiger partial charge in [0.05, 0.1) is 11.7 Å². The zero-order valence-corrected chi connectivity index (χ0v) is 15.8. The zero-order valence-electron chi connectivity index (χ0n) is 14.3. The van der Waals surface area contributed by atoms with Crippen LogP contribution in [0.5, 0.6) is 0 Å². The van der Waals surface area contributed by atoms with Crippen molar-refractivity contribution >= 4 is 51.8 Å². The van der Waals surface area contributed by atoms with Crippen molar-refractivity contribution in [3.8, 4) is 0 Å². The number of hydrogen-bond acceptors (Lipinski definition) is 4. The number of rotatable bonds is 8. The first-order valence-electron chi connectivity index (χ1n) is 8.42. The topological polar surface area (TPSA) is 40.5 Å². The van der Waals surface area contributed by atoms with Crippen molar-refractivity contribution in [2.75, 3.05) is 35.2 Å². The maximum absolute atomic E-state index is 5.86. The Balaban J connectivity index is 1.64. The second kappa shape index (κ2) is 9.41. The first-order chi connectivity index (χ1) is 12.8. The molecule has 2 aromatic carbocycles. The van der Waals surface area contributed by atoms with Gasteiger partial charge in [-0.15, -0.1) is 23.2 Å². The van der Waals surface area contributed by atoms with Gasteiger partial charge in [0.2, 0.25) is 0 Å². The summed E-state index contributed by atoms with van der Waals surface area (Å²) in [7, 11) is 0. The number of pyridine rings is 1. The molecule has 0 spiro atoms. The number of anilines is 2. The molecule has 0 saturated heterocycles. The molecule has 0 bridgehead atoms. The van der Waals surface area contributed by atoms with E-state index in [1.165, 1.54) is 0 Å². The van der Waals surface area contributed by atoms with Crippen LogP contribution in [-0.4, -0.2) is 36.0 Å². The van der Waals surface area contributed by atoms with E-state index in [-0.39, 0.29) is 0 Å². The summed E-state index contributed by atoms with van der Waals surface area (Å²) in [6.45, 7) is 1.55. The molecule has 0 aliphatic heterocycles. The van der Waals surface area contributed by atoms with Gasteiger partial charge < -0.3 is 4.90 Å². The molecule has 0 amide bonds. The van der Waals surface area contributed by atoms with E-state index in [9.17, 15) is 0 Å². The predicted molar refractivity (Wildman–Crippen MR) is 113 cm³/mol. The molecule has 0 atom stereocenters. The van der Waals surface area contributed by atoms with Gasteiger partial charge >= 0.3 is 0 Å². The van der Waals surface area contributed by atoms with Gasteiger partial charge in [0.25, 0.3) is 0 Å². The van der Waals surface area contributed by atoms with E-state index in [0.717, 1.165) is 35.2 Å². The normalized spacial score (nSPS) is 11.2. The molecule has 0 fully saturated rings. The van der Waals surface area contributed by atoms with E-state index in [1.54, 1.807) is 6.21 Å². The molecule has 3 aromatic rings. The number of alkyl halides is 2. The SMILES string of the molecule is ClCCN(CCCl)c1ccc(C=NNc2ccc3ccccc3n2)cc1. The molecule has 0 radical (unpaired) electrons. The van der Waals surface area contributed by atoms with Gasteiger partial charge in [-0.3, -0.25) is 5.43 Å². The van der Waals surface area contributed by atoms with Crippen LogP contribution in [0.2, 0.25) is 0 Å². The van der Waals surface area contributed by atoms with Gasteiger partial charge in [0.1, 0.15) is 5.82 Å². The van der Waals surface area contributed by atoms with E-state index in [0.29, 0.717) is 17.6 Å². The van der Waals surface area contributed by atoms with Crippen LogP contribution in [-0.2, 0) is 0 Å². The van der Waals surface area contributed by atoms with Crippen molar-refractivity contribution in [3.63, 3.8) is 0 Å². The molecule has 1 N–H and O–H groups in total. The van der Waals surface area contributed by atoms with Crippen LogP contribution in [0.1, 0.15) is 5.56 Å². The van der Waals surface area contributed by atoms with Crippen molar-refractivity contribution in [2.45, 2.75) is 0 Å². The Morgan fingerprint density at radius 1 is 0.923 bits per heavy atom. The van der Waals surface area contributed by atoms with Crippen LogP contribution in [0, 0.1) is 0 Å². The van der Waals surface area contributed by atoms with Crippen LogP contribution in [0.4, 0.5) is 11.5 Å². The maximum Gasteiger partial charge on any atom is 0.146 e. The fourth-order valence-corrected chi connectivity index (χ4v) is 3.05. The zero-order chi connectivity index (χ0) is 18.2. The number of halogens is 2. The minimum atomic E-state index is 0.572. The Morgan fingerprint density at radius 3 is 2.38 bits per heavy atom. The molecular weight excluding hydrogens is 367 g/mol. The van der Waals surface area contributed by atoms with Gasteiger partial charge in [-0.05, 0) is 35.9 Å². The second-order valence-electron chi connectivity index (χ2n) is 5.72. The van der Waals surface area contributed by atoms with Crippen LogP contribution >= 0.6 is 23.2 Å². The number of nitrogens with zero attached hydrogens (tertiary/aromatic N) is 3. The van der Waals surface area contributed by atoms with Crippen molar-refractivity contribution < 1.29 is 0 Å². The van der Waals surface area contributed by atoms with E-state index >= 15 is 0 Å². The van der Waals surface area contributed by atoms with E-state index in [2.05, 4.69) is 32.5 Å². The fraction of sp³-hybridized carbons (Fsp3) is 0.200. The first kappa shape index (κ1) is 18.5. The van der Waals surface area contributed by atoms with Crippen LogP contribution < -0.4 is 10.3 Å². The van der Waals surface area contributed by atoms with Crippen molar-refractivity contribution in [2.24, 2.45) is 5.10 Å². The summed E-state index contributed by atoms with van der Waals surface area (Å²) in [6, 6.07) is 20.1. The van der Waals surface area contributed by atoms with Crippen molar-refractivity contribution in [1.82, 2.24) is 4.98 Å². The van der Waals surface area contributed by atoms with Gasteiger partial charge in [-0.1, -0.05) is 30.3 Å². The Hall–Kier alpha value is -2.30. The summed E-state index contributed by atoms with van der Waals surface area (Å²) < 4.78 is 0. The Labute approximate surface area is 163 Å². The van der Waals surface area contributed by atoms with Gasteiger partial charge in [0.15, 0.2) is 0 Å². The van der Waals surface area contributed by atoms with E-state index < -0.39 is 0 Å². The number of benzene rings is 2. The molecular formula is C20H20Cl2N4. The Kier molecular flexibility index (Phi) is 6.69. The summed E-state index contributed by atoms with van der Waals surface area (Å²) in [5, 5.41) is 5.38. The molecule has 134 valence electrons. The molecule has 4 nitrogen and oxygen atoms in total. The average Bonchev–Trinajstić information content (AvgIpc) is 2.68. The van der Waals surface area contributed by atoms with Crippen LogP contribution in [0.25, 0.3) is 10.9 Å². The highest BCUT2D eigenvalue weighted by Gasteiger charge is 2.04. The quantitative estimate of drug-likeness (QED) is 0.337. The summed E-state index contributed by atoms with van der Waals surface area (Å²) in [5.41, 5.74) is 6.02. The molecule has 1 heterocycles. The maximum atomic E-state index is 5.86. The molecule has 0 saturated carbocycles. The molecule has 0 aliphatic rings. The highest BCUT2D eigenvalue weighted by atomic mass is 35.5. The molecule has 26 heavy (non-hydrogen) atoms. The number of hydrazone groups is 1. The standard InChI is InChI=1S/C20H20Cl2N4/c21-11-13-26(14-12-22)18-8-5-16(6-9-18)15-23-25-20-10-7-17-3-1-2-4-19(17)24-20/h1-10,15H,11-14H2,(H,24,25). The smallest absolute Gasteiger partial charge is 0.146 e. The predicted octanol–water partition coefficient (Wildman–Crippen LogP) is 4.96. The monoisotopic (exact) mass is 386 g/mol. The highest BCUT2D eigenvalue weighted by molar-refractivity contribution is 6.18. The number of aromatic nitrogens is 1.